The van der Waals surface area contributed by atoms with Crippen LogP contribution in [-0.2, 0) is 0 Å². The summed E-state index contributed by atoms with van der Waals surface area (Å²) in [4.78, 5) is 15.3. The van der Waals surface area contributed by atoms with E-state index in [-0.39, 0.29) is 22.7 Å². The first-order chi connectivity index (χ1) is 7.58. The van der Waals surface area contributed by atoms with E-state index in [0.717, 1.165) is 25.1 Å². The van der Waals surface area contributed by atoms with Crippen LogP contribution in [0.2, 0.25) is 5.15 Å². The first kappa shape index (κ1) is 12.9. The second kappa shape index (κ2) is 5.80. The van der Waals surface area contributed by atoms with Crippen LogP contribution in [0.3, 0.4) is 0 Å². The van der Waals surface area contributed by atoms with E-state index in [9.17, 15) is 9.18 Å². The van der Waals surface area contributed by atoms with Crippen LogP contribution in [-0.4, -0.2) is 16.9 Å². The molecule has 0 fully saturated rings. The van der Waals surface area contributed by atoms with Gasteiger partial charge in [0.05, 0.1) is 11.8 Å². The van der Waals surface area contributed by atoms with Crippen molar-refractivity contribution in [3.63, 3.8) is 0 Å². The molecule has 1 heterocycles. The minimum atomic E-state index is -0.570. The number of carbonyl (C=O) groups is 1. The number of carbonyl (C=O) groups excluding carboxylic acids is 1. The van der Waals surface area contributed by atoms with Gasteiger partial charge in [0.25, 0.3) is 5.91 Å². The third-order valence-electron chi connectivity index (χ3n) is 2.37. The Balaban J connectivity index is 2.83. The Hall–Kier alpha value is -1.16. The number of amides is 1. The second-order valence-electron chi connectivity index (χ2n) is 3.48. The molecule has 0 saturated carbocycles. The van der Waals surface area contributed by atoms with Gasteiger partial charge in [0, 0.05) is 6.04 Å². The van der Waals surface area contributed by atoms with Crippen LogP contribution in [0.4, 0.5) is 4.39 Å². The minimum absolute atomic E-state index is 0.0184. The Bertz CT molecular complexity index is 380. The average molecular weight is 245 g/mol. The van der Waals surface area contributed by atoms with Crippen LogP contribution in [0.5, 0.6) is 0 Å². The Morgan fingerprint density at radius 2 is 2.19 bits per heavy atom. The fraction of sp³-hybridized carbons (Fsp3) is 0.455. The van der Waals surface area contributed by atoms with Crippen LogP contribution < -0.4 is 5.32 Å². The second-order valence-corrected chi connectivity index (χ2v) is 3.84. The molecule has 1 aromatic heterocycles. The van der Waals surface area contributed by atoms with Crippen molar-refractivity contribution < 1.29 is 9.18 Å². The molecule has 0 spiro atoms. The van der Waals surface area contributed by atoms with Crippen LogP contribution >= 0.6 is 11.6 Å². The predicted octanol–water partition coefficient (Wildman–Crippen LogP) is 2.79. The van der Waals surface area contributed by atoms with Crippen LogP contribution in [0.1, 0.15) is 37.0 Å². The van der Waals surface area contributed by atoms with Crippen molar-refractivity contribution in [3.05, 3.63) is 28.8 Å². The monoisotopic (exact) mass is 244 g/mol. The SMILES string of the molecule is CCC(CC)NC(=O)c1cc(F)cnc1Cl. The maximum atomic E-state index is 12.9. The van der Waals surface area contributed by atoms with Crippen molar-refractivity contribution in [2.24, 2.45) is 0 Å². The summed E-state index contributed by atoms with van der Waals surface area (Å²) < 4.78 is 12.9. The largest absolute Gasteiger partial charge is 0.349 e. The third-order valence-corrected chi connectivity index (χ3v) is 2.67. The van der Waals surface area contributed by atoms with Crippen molar-refractivity contribution >= 4 is 17.5 Å². The maximum Gasteiger partial charge on any atom is 0.254 e. The van der Waals surface area contributed by atoms with Gasteiger partial charge in [-0.3, -0.25) is 4.79 Å². The summed E-state index contributed by atoms with van der Waals surface area (Å²) in [6.07, 6.45) is 2.63. The van der Waals surface area contributed by atoms with Crippen molar-refractivity contribution in [2.45, 2.75) is 32.7 Å². The molecule has 0 aromatic carbocycles. The standard InChI is InChI=1S/C11H14ClFN2O/c1-3-8(4-2)15-11(16)9-5-7(13)6-14-10(9)12/h5-6,8H,3-4H2,1-2H3,(H,15,16). The van der Waals surface area contributed by atoms with E-state index in [0.29, 0.717) is 0 Å². The van der Waals surface area contributed by atoms with Gasteiger partial charge in [-0.05, 0) is 18.9 Å². The Kier molecular flexibility index (Phi) is 4.68. The summed E-state index contributed by atoms with van der Waals surface area (Å²) in [5.41, 5.74) is 0.0774. The van der Waals surface area contributed by atoms with E-state index in [2.05, 4.69) is 10.3 Å². The molecule has 5 heteroatoms. The zero-order chi connectivity index (χ0) is 12.1. The molecule has 0 aliphatic heterocycles. The smallest absolute Gasteiger partial charge is 0.254 e. The summed E-state index contributed by atoms with van der Waals surface area (Å²) in [5, 5.41) is 2.79. The number of halogens is 2. The van der Waals surface area contributed by atoms with E-state index in [1.54, 1.807) is 0 Å². The fourth-order valence-corrected chi connectivity index (χ4v) is 1.53. The van der Waals surface area contributed by atoms with Gasteiger partial charge in [0.15, 0.2) is 0 Å². The molecule has 1 rings (SSSR count). The molecule has 3 nitrogen and oxygen atoms in total. The first-order valence-corrected chi connectivity index (χ1v) is 5.58. The van der Waals surface area contributed by atoms with E-state index in [1.807, 2.05) is 13.8 Å². The molecule has 0 aliphatic carbocycles. The molecule has 16 heavy (non-hydrogen) atoms. The molecule has 1 amide bonds. The summed E-state index contributed by atoms with van der Waals surface area (Å²) in [5.74, 6) is -0.954. The zero-order valence-electron chi connectivity index (χ0n) is 9.26. The summed E-state index contributed by atoms with van der Waals surface area (Å²) in [6.45, 7) is 3.94. The van der Waals surface area contributed by atoms with Gasteiger partial charge in [0.1, 0.15) is 11.0 Å². The highest BCUT2D eigenvalue weighted by Crippen LogP contribution is 2.14. The van der Waals surface area contributed by atoms with E-state index >= 15 is 0 Å². The minimum Gasteiger partial charge on any atom is -0.349 e. The van der Waals surface area contributed by atoms with Gasteiger partial charge in [-0.15, -0.1) is 0 Å². The molecular formula is C11H14ClFN2O. The quantitative estimate of drug-likeness (QED) is 0.828. The van der Waals surface area contributed by atoms with Crippen LogP contribution in [0, 0.1) is 5.82 Å². The lowest BCUT2D eigenvalue weighted by molar-refractivity contribution is 0.0934. The number of nitrogens with one attached hydrogen (secondary N) is 1. The molecule has 0 unspecified atom stereocenters. The molecule has 0 bridgehead atoms. The van der Waals surface area contributed by atoms with E-state index < -0.39 is 5.82 Å². The van der Waals surface area contributed by atoms with Gasteiger partial charge in [-0.1, -0.05) is 25.4 Å². The van der Waals surface area contributed by atoms with Crippen molar-refractivity contribution in [1.29, 1.82) is 0 Å². The van der Waals surface area contributed by atoms with Crippen LogP contribution in [0.15, 0.2) is 12.3 Å². The predicted molar refractivity (Wildman–Crippen MR) is 61.0 cm³/mol. The summed E-state index contributed by atoms with van der Waals surface area (Å²) >= 11 is 5.72. The lowest BCUT2D eigenvalue weighted by Gasteiger charge is -2.14. The molecular weight excluding hydrogens is 231 g/mol. The van der Waals surface area contributed by atoms with Gasteiger partial charge in [-0.25, -0.2) is 9.37 Å². The highest BCUT2D eigenvalue weighted by molar-refractivity contribution is 6.32. The number of hydrogen-bond donors (Lipinski definition) is 1. The van der Waals surface area contributed by atoms with Crippen molar-refractivity contribution in [2.75, 3.05) is 0 Å². The Morgan fingerprint density at radius 1 is 1.56 bits per heavy atom. The number of nitrogens with zero attached hydrogens (tertiary/aromatic N) is 1. The molecule has 0 atom stereocenters. The maximum absolute atomic E-state index is 12.9. The molecule has 0 aliphatic rings. The normalized spacial score (nSPS) is 10.6. The Morgan fingerprint density at radius 3 is 2.75 bits per heavy atom. The molecule has 0 radical (unpaired) electrons. The average Bonchev–Trinajstić information content (AvgIpc) is 2.28. The lowest BCUT2D eigenvalue weighted by Crippen LogP contribution is -2.34. The van der Waals surface area contributed by atoms with Gasteiger partial charge in [0.2, 0.25) is 0 Å². The number of pyridine rings is 1. The molecule has 88 valence electrons. The lowest BCUT2D eigenvalue weighted by atomic mass is 10.1. The van der Waals surface area contributed by atoms with E-state index in [1.165, 1.54) is 0 Å². The fourth-order valence-electron chi connectivity index (χ4n) is 1.34. The van der Waals surface area contributed by atoms with Crippen molar-refractivity contribution in [3.8, 4) is 0 Å². The van der Waals surface area contributed by atoms with Gasteiger partial charge in [-0.2, -0.15) is 0 Å². The molecule has 1 aromatic rings. The van der Waals surface area contributed by atoms with Gasteiger partial charge < -0.3 is 5.32 Å². The number of hydrogen-bond acceptors (Lipinski definition) is 2. The number of aromatic nitrogens is 1. The topological polar surface area (TPSA) is 42.0 Å². The van der Waals surface area contributed by atoms with Gasteiger partial charge >= 0.3 is 0 Å². The zero-order valence-corrected chi connectivity index (χ0v) is 10.0. The molecule has 1 N–H and O–H groups in total. The van der Waals surface area contributed by atoms with E-state index in [4.69, 9.17) is 11.6 Å². The molecule has 0 saturated heterocycles. The van der Waals surface area contributed by atoms with Crippen molar-refractivity contribution in [1.82, 2.24) is 10.3 Å². The third kappa shape index (κ3) is 3.17. The highest BCUT2D eigenvalue weighted by Gasteiger charge is 2.15. The summed E-state index contributed by atoms with van der Waals surface area (Å²) in [6, 6.07) is 1.17. The highest BCUT2D eigenvalue weighted by atomic mass is 35.5. The first-order valence-electron chi connectivity index (χ1n) is 5.20. The van der Waals surface area contributed by atoms with Crippen LogP contribution in [0.25, 0.3) is 0 Å². The number of rotatable bonds is 4. The summed E-state index contributed by atoms with van der Waals surface area (Å²) in [7, 11) is 0. The Labute approximate surface area is 99.0 Å².